The quantitative estimate of drug-likeness (QED) is 0.159. The lowest BCUT2D eigenvalue weighted by atomic mass is 9.77. The average Bonchev–Trinajstić information content (AvgIpc) is 3.01. The van der Waals surface area contributed by atoms with Crippen LogP contribution >= 0.6 is 0 Å². The van der Waals surface area contributed by atoms with Gasteiger partial charge < -0.3 is 0 Å². The number of rotatable bonds is 14. The Morgan fingerprint density at radius 1 is 0.886 bits per heavy atom. The van der Waals surface area contributed by atoms with Crippen molar-refractivity contribution in [1.82, 2.24) is 0 Å². The number of Topliss-reactive ketones (excluding diaryl/α,β-unsaturated/α-hetero) is 2. The molecule has 0 N–H and O–H groups in total. The summed E-state index contributed by atoms with van der Waals surface area (Å²) >= 11 is 0. The molecule has 248 valence electrons. The summed E-state index contributed by atoms with van der Waals surface area (Å²) in [7, 11) is 0. The van der Waals surface area contributed by atoms with Crippen molar-refractivity contribution in [2.75, 3.05) is 0 Å². The highest BCUT2D eigenvalue weighted by atomic mass is 16.1. The number of aryl methyl sites for hydroxylation is 2. The van der Waals surface area contributed by atoms with Gasteiger partial charge in [0.15, 0.2) is 5.78 Å². The lowest BCUT2D eigenvalue weighted by Gasteiger charge is -2.26. The first-order chi connectivity index (χ1) is 20.9. The maximum Gasteiger partial charge on any atom is 0.161 e. The fraction of sp³-hybridized carbons (Fsp3) is 0.571. The van der Waals surface area contributed by atoms with Crippen LogP contribution in [0, 0.1) is 37.5 Å². The van der Waals surface area contributed by atoms with Crippen molar-refractivity contribution in [2.24, 2.45) is 23.7 Å². The van der Waals surface area contributed by atoms with Crippen LogP contribution in [0.4, 0.5) is 0 Å². The van der Waals surface area contributed by atoms with E-state index in [9.17, 15) is 9.59 Å². The summed E-state index contributed by atoms with van der Waals surface area (Å²) in [5, 5.41) is 0. The third-order valence-corrected chi connectivity index (χ3v) is 8.28. The summed E-state index contributed by atoms with van der Waals surface area (Å²) in [6, 6.07) is 15.4. The zero-order valence-electron chi connectivity index (χ0n) is 31.0. The van der Waals surface area contributed by atoms with Gasteiger partial charge in [0.1, 0.15) is 5.78 Å². The monoisotopic (exact) mass is 605 g/mol. The molecule has 0 fully saturated rings. The summed E-state index contributed by atoms with van der Waals surface area (Å²) < 4.78 is 0. The van der Waals surface area contributed by atoms with Crippen LogP contribution in [0.3, 0.4) is 0 Å². The van der Waals surface area contributed by atoms with Crippen LogP contribution < -0.4 is 0 Å². The number of hydrogen-bond donors (Lipinski definition) is 0. The lowest BCUT2D eigenvalue weighted by Crippen LogP contribution is -2.27. The number of benzene rings is 2. The molecular formula is C42H68O2. The summed E-state index contributed by atoms with van der Waals surface area (Å²) in [6.45, 7) is 30.0. The van der Waals surface area contributed by atoms with Crippen molar-refractivity contribution < 1.29 is 9.59 Å². The molecule has 0 radical (unpaired) electrons. The van der Waals surface area contributed by atoms with Gasteiger partial charge in [0, 0.05) is 11.8 Å². The first-order valence-corrected chi connectivity index (χ1v) is 17.3. The van der Waals surface area contributed by atoms with Crippen molar-refractivity contribution in [1.29, 1.82) is 0 Å². The van der Waals surface area contributed by atoms with Crippen LogP contribution in [0.15, 0.2) is 66.8 Å². The maximum atomic E-state index is 13.3. The highest BCUT2D eigenvalue weighted by Gasteiger charge is 2.28. The third kappa shape index (κ3) is 16.9. The van der Waals surface area contributed by atoms with E-state index in [1.807, 2.05) is 47.6 Å². The van der Waals surface area contributed by atoms with Crippen LogP contribution in [0.5, 0.6) is 0 Å². The molecule has 3 atom stereocenters. The van der Waals surface area contributed by atoms with Crippen LogP contribution in [0.25, 0.3) is 11.1 Å². The molecule has 2 rings (SSSR count). The Bertz CT molecular complexity index is 1100. The molecule has 44 heavy (non-hydrogen) atoms. The van der Waals surface area contributed by atoms with E-state index in [0.717, 1.165) is 44.1 Å². The van der Waals surface area contributed by atoms with E-state index in [-0.39, 0.29) is 11.8 Å². The van der Waals surface area contributed by atoms with E-state index in [1.165, 1.54) is 34.2 Å². The Morgan fingerprint density at radius 2 is 1.45 bits per heavy atom. The summed E-state index contributed by atoms with van der Waals surface area (Å²) in [5.41, 5.74) is 7.27. The minimum Gasteiger partial charge on any atom is -0.300 e. The highest BCUT2D eigenvalue weighted by Crippen LogP contribution is 2.32. The minimum absolute atomic E-state index is 0.0687. The first-order valence-electron chi connectivity index (χ1n) is 17.3. The zero-order chi connectivity index (χ0) is 34.2. The van der Waals surface area contributed by atoms with Crippen LogP contribution in [0.1, 0.15) is 131 Å². The molecule has 0 aromatic heterocycles. The molecule has 2 aromatic rings. The molecule has 0 bridgehead atoms. The fourth-order valence-corrected chi connectivity index (χ4v) is 5.31. The van der Waals surface area contributed by atoms with Crippen molar-refractivity contribution in [3.05, 3.63) is 83.5 Å². The van der Waals surface area contributed by atoms with E-state index in [0.29, 0.717) is 23.4 Å². The Kier molecular flexibility index (Phi) is 25.2. The Balaban J connectivity index is 0. The van der Waals surface area contributed by atoms with Crippen molar-refractivity contribution >= 4 is 11.6 Å². The van der Waals surface area contributed by atoms with Gasteiger partial charge in [-0.25, -0.2) is 0 Å². The maximum absolute atomic E-state index is 13.3. The second kappa shape index (κ2) is 25.6. The average molecular weight is 605 g/mol. The van der Waals surface area contributed by atoms with Crippen LogP contribution in [0.2, 0.25) is 0 Å². The highest BCUT2D eigenvalue weighted by molar-refractivity contribution is 5.97. The molecule has 0 aliphatic heterocycles. The van der Waals surface area contributed by atoms with Gasteiger partial charge in [-0.05, 0) is 107 Å². The van der Waals surface area contributed by atoms with Gasteiger partial charge in [-0.1, -0.05) is 128 Å². The molecule has 0 amide bonds. The normalized spacial score (nSPS) is 12.7. The van der Waals surface area contributed by atoms with Gasteiger partial charge in [-0.15, -0.1) is 6.58 Å². The largest absolute Gasteiger partial charge is 0.300 e. The Hall–Kier alpha value is -2.74. The van der Waals surface area contributed by atoms with Gasteiger partial charge in [-0.2, -0.15) is 0 Å². The minimum atomic E-state index is 0.0687. The summed E-state index contributed by atoms with van der Waals surface area (Å²) in [6.07, 6.45) is 11.3. The number of carbonyl (C=O) groups excluding carboxylic acids is 2. The van der Waals surface area contributed by atoms with E-state index in [2.05, 4.69) is 90.6 Å². The van der Waals surface area contributed by atoms with Crippen molar-refractivity contribution in [3.63, 3.8) is 0 Å². The summed E-state index contributed by atoms with van der Waals surface area (Å²) in [5.74, 6) is 2.13. The van der Waals surface area contributed by atoms with Crippen molar-refractivity contribution in [3.8, 4) is 11.1 Å². The van der Waals surface area contributed by atoms with Gasteiger partial charge >= 0.3 is 0 Å². The fourth-order valence-electron chi connectivity index (χ4n) is 5.31. The van der Waals surface area contributed by atoms with Crippen LogP contribution in [-0.2, 0) is 16.0 Å². The third-order valence-electron chi connectivity index (χ3n) is 8.28. The molecule has 0 aliphatic rings. The molecule has 0 spiro atoms. The first kappa shape index (κ1) is 43.4. The molecule has 0 heterocycles. The van der Waals surface area contributed by atoms with Gasteiger partial charge in [-0.3, -0.25) is 9.59 Å². The number of hydrogen-bond acceptors (Lipinski definition) is 2. The number of allylic oxidation sites excluding steroid dienone is 3. The van der Waals surface area contributed by atoms with Gasteiger partial charge in [0.25, 0.3) is 0 Å². The standard InChI is InChI=1S/C28H38O.C9H18O.C3H6.C2H6/c1-7-11-24(12-8-2)27(28(29)21(5)9-3)19-23-16-15-22(6)26(18-23)25-14-10-13-20(4)17-25;1-5-7(2)6-8(3)9(4)10;1-3-2;1-2/h9-10,13-18,24,27H,7-8,11-12,19H2,1-6H3;7-8H,5-6H2,1-4H3;3H,1H2,2H3;1-2H3/b21-9+;;;. The second-order valence-corrected chi connectivity index (χ2v) is 12.2. The van der Waals surface area contributed by atoms with E-state index in [1.54, 1.807) is 13.0 Å². The predicted molar refractivity (Wildman–Crippen MR) is 197 cm³/mol. The van der Waals surface area contributed by atoms with Crippen LogP contribution in [-0.4, -0.2) is 11.6 Å². The molecule has 0 saturated heterocycles. The molecule has 0 saturated carbocycles. The number of ketones is 2. The molecule has 3 unspecified atom stereocenters. The Morgan fingerprint density at radius 3 is 1.91 bits per heavy atom. The van der Waals surface area contributed by atoms with Gasteiger partial charge in [0.05, 0.1) is 0 Å². The lowest BCUT2D eigenvalue weighted by molar-refractivity contribution is -0.121. The van der Waals surface area contributed by atoms with Gasteiger partial charge in [0.2, 0.25) is 0 Å². The second-order valence-electron chi connectivity index (χ2n) is 12.2. The molecule has 2 heteroatoms. The smallest absolute Gasteiger partial charge is 0.161 e. The topological polar surface area (TPSA) is 34.1 Å². The van der Waals surface area contributed by atoms with E-state index in [4.69, 9.17) is 0 Å². The summed E-state index contributed by atoms with van der Waals surface area (Å²) in [4.78, 5) is 24.1. The molecule has 0 aliphatic carbocycles. The van der Waals surface area contributed by atoms with E-state index < -0.39 is 0 Å². The molecule has 2 aromatic carbocycles. The SMILES string of the molecule is C/C=C(\C)C(=O)C(Cc1ccc(C)c(-c2cccc(C)c2)c1)C(CCC)CCC.C=CC.CC.CCC(C)CC(C)C(C)=O. The Labute approximate surface area is 273 Å². The van der Waals surface area contributed by atoms with Crippen molar-refractivity contribution in [2.45, 2.75) is 135 Å². The predicted octanol–water partition coefficient (Wildman–Crippen LogP) is 12.7. The molecule has 2 nitrogen and oxygen atoms in total. The zero-order valence-corrected chi connectivity index (χ0v) is 31.0. The number of carbonyl (C=O) groups is 2. The van der Waals surface area contributed by atoms with E-state index >= 15 is 0 Å². The molecular weight excluding hydrogens is 536 g/mol.